The Balaban J connectivity index is 1.46. The van der Waals surface area contributed by atoms with E-state index >= 15 is 0 Å². The van der Waals surface area contributed by atoms with Crippen LogP contribution in [0.3, 0.4) is 0 Å². The minimum atomic E-state index is -0.750. The van der Waals surface area contributed by atoms with Crippen molar-refractivity contribution in [1.29, 1.82) is 0 Å². The Bertz CT molecular complexity index is 1570. The summed E-state index contributed by atoms with van der Waals surface area (Å²) < 4.78 is 32.3. The number of azide groups is 2. The van der Waals surface area contributed by atoms with Gasteiger partial charge in [0, 0.05) is 29.3 Å². The minimum absolute atomic E-state index is 0.00754. The third-order valence-electron chi connectivity index (χ3n) is 8.11. The van der Waals surface area contributed by atoms with Crippen LogP contribution < -0.4 is 18.9 Å². The molecule has 0 bridgehead atoms. The molecule has 2 aliphatic rings. The number of rotatable bonds is 14. The molecule has 2 atom stereocenters. The van der Waals surface area contributed by atoms with Gasteiger partial charge in [0.05, 0.1) is 64.2 Å². The number of carbonyl (C=O) groups excluding carboxylic acids is 4. The van der Waals surface area contributed by atoms with Crippen molar-refractivity contribution < 1.29 is 47.6 Å². The van der Waals surface area contributed by atoms with Crippen LogP contribution >= 0.6 is 0 Å². The van der Waals surface area contributed by atoms with Crippen molar-refractivity contribution in [3.63, 3.8) is 0 Å². The number of ether oxygens (including phenoxy) is 6. The first-order valence-electron chi connectivity index (χ1n) is 15.3. The highest BCUT2D eigenvalue weighted by molar-refractivity contribution is 6.02. The lowest BCUT2D eigenvalue weighted by atomic mass is 10.1. The summed E-state index contributed by atoms with van der Waals surface area (Å²) in [5.74, 6) is -1.30. The fourth-order valence-electron chi connectivity index (χ4n) is 5.76. The van der Waals surface area contributed by atoms with Gasteiger partial charge >= 0.3 is 11.9 Å². The van der Waals surface area contributed by atoms with Crippen molar-refractivity contribution in [1.82, 2.24) is 9.80 Å². The maximum absolute atomic E-state index is 13.4. The van der Waals surface area contributed by atoms with Gasteiger partial charge in [0.2, 0.25) is 0 Å². The van der Waals surface area contributed by atoms with Crippen LogP contribution in [0.4, 0.5) is 11.4 Å². The monoisotopic (exact) mass is 680 g/mol. The van der Waals surface area contributed by atoms with Gasteiger partial charge in [-0.25, -0.2) is 9.59 Å². The molecule has 2 fully saturated rings. The fourth-order valence-corrected chi connectivity index (χ4v) is 5.76. The van der Waals surface area contributed by atoms with E-state index in [1.54, 1.807) is 0 Å². The van der Waals surface area contributed by atoms with Crippen LogP contribution in [-0.4, -0.2) is 100 Å². The molecular formula is C31H36N8O10. The van der Waals surface area contributed by atoms with E-state index in [4.69, 9.17) is 28.4 Å². The number of nitrogens with zero attached hydrogens (tertiary/aromatic N) is 8. The highest BCUT2D eigenvalue weighted by atomic mass is 16.5. The van der Waals surface area contributed by atoms with Crippen LogP contribution in [0, 0.1) is 0 Å². The van der Waals surface area contributed by atoms with Gasteiger partial charge in [0.25, 0.3) is 11.8 Å². The zero-order chi connectivity index (χ0) is 35.5. The molecule has 0 N–H and O–H groups in total. The van der Waals surface area contributed by atoms with Crippen molar-refractivity contribution in [2.75, 3.05) is 54.7 Å². The van der Waals surface area contributed by atoms with Gasteiger partial charge < -0.3 is 38.2 Å². The second kappa shape index (κ2) is 16.8. The second-order valence-electron chi connectivity index (χ2n) is 10.8. The molecule has 18 nitrogen and oxygen atoms in total. The molecule has 49 heavy (non-hydrogen) atoms. The molecule has 0 aliphatic carbocycles. The SMILES string of the molecule is COC(=O)[C@@H]1CCCN1C(=O)c1cc(OC)c(OCCCOc2cc(N=[N+]=[N-])c(C(=O)N3CCC[C@H]3C(=O)OC)cc2OC)cc1N=[N+]=[N-]. The van der Waals surface area contributed by atoms with Crippen molar-refractivity contribution >= 4 is 35.1 Å². The number of likely N-dealkylation sites (tertiary alicyclic amines) is 2. The number of benzene rings is 2. The molecule has 0 aromatic heterocycles. The summed E-state index contributed by atoms with van der Waals surface area (Å²) in [6.45, 7) is 0.860. The Hall–Kier alpha value is -5.86. The van der Waals surface area contributed by atoms with E-state index in [-0.39, 0.29) is 58.7 Å². The lowest BCUT2D eigenvalue weighted by molar-refractivity contribution is -0.145. The number of hydrogen-bond donors (Lipinski definition) is 0. The molecule has 0 radical (unpaired) electrons. The lowest BCUT2D eigenvalue weighted by Gasteiger charge is -2.24. The van der Waals surface area contributed by atoms with Gasteiger partial charge in [-0.2, -0.15) is 0 Å². The molecule has 0 saturated carbocycles. The zero-order valence-corrected chi connectivity index (χ0v) is 27.5. The average molecular weight is 681 g/mol. The first-order chi connectivity index (χ1) is 23.7. The summed E-state index contributed by atoms with van der Waals surface area (Å²) in [6.07, 6.45) is 2.45. The Morgan fingerprint density at radius 3 is 1.45 bits per heavy atom. The quantitative estimate of drug-likeness (QED) is 0.0853. The van der Waals surface area contributed by atoms with Gasteiger partial charge in [0.15, 0.2) is 23.0 Å². The van der Waals surface area contributed by atoms with Crippen molar-refractivity contribution in [2.45, 2.75) is 44.2 Å². The molecule has 2 aromatic carbocycles. The number of carbonyl (C=O) groups is 4. The summed E-state index contributed by atoms with van der Waals surface area (Å²) in [5.41, 5.74) is 18.4. The molecule has 2 amide bonds. The van der Waals surface area contributed by atoms with Gasteiger partial charge in [-0.15, -0.1) is 0 Å². The third-order valence-corrected chi connectivity index (χ3v) is 8.11. The normalized spacial score (nSPS) is 16.6. The van der Waals surface area contributed by atoms with Crippen molar-refractivity contribution in [3.05, 3.63) is 56.3 Å². The first kappa shape index (κ1) is 36.0. The third kappa shape index (κ3) is 8.00. The smallest absolute Gasteiger partial charge is 0.328 e. The molecule has 2 aliphatic heterocycles. The van der Waals surface area contributed by atoms with Crippen LogP contribution in [0.5, 0.6) is 23.0 Å². The molecule has 0 unspecified atom stereocenters. The lowest BCUT2D eigenvalue weighted by Crippen LogP contribution is -2.41. The van der Waals surface area contributed by atoms with Crippen molar-refractivity contribution in [2.24, 2.45) is 10.2 Å². The van der Waals surface area contributed by atoms with E-state index in [2.05, 4.69) is 20.1 Å². The van der Waals surface area contributed by atoms with Crippen LogP contribution in [0.1, 0.15) is 52.8 Å². The first-order valence-corrected chi connectivity index (χ1v) is 15.3. The molecule has 260 valence electrons. The van der Waals surface area contributed by atoms with Crippen LogP contribution in [0.15, 0.2) is 34.5 Å². The minimum Gasteiger partial charge on any atom is -0.493 e. The summed E-state index contributed by atoms with van der Waals surface area (Å²) in [6, 6.07) is 4.05. The van der Waals surface area contributed by atoms with Gasteiger partial charge in [-0.1, -0.05) is 10.2 Å². The largest absolute Gasteiger partial charge is 0.493 e. The highest BCUT2D eigenvalue weighted by Crippen LogP contribution is 2.39. The van der Waals surface area contributed by atoms with Crippen LogP contribution in [0.25, 0.3) is 20.9 Å². The summed E-state index contributed by atoms with van der Waals surface area (Å²) in [5, 5.41) is 7.34. The van der Waals surface area contributed by atoms with E-state index in [1.807, 2.05) is 0 Å². The van der Waals surface area contributed by atoms with E-state index in [1.165, 1.54) is 62.5 Å². The Labute approximate surface area is 281 Å². The topological polar surface area (TPSA) is 228 Å². The molecule has 18 heteroatoms. The predicted molar refractivity (Wildman–Crippen MR) is 171 cm³/mol. The Morgan fingerprint density at radius 2 is 1.10 bits per heavy atom. The van der Waals surface area contributed by atoms with Gasteiger partial charge in [-0.3, -0.25) is 9.59 Å². The molecule has 4 rings (SSSR count). The standard InChI is InChI=1S/C31H36N8O10/c1-44-24-14-18(28(40)38-10-5-8-22(38)30(42)46-3)20(34-36-32)16-26(24)48-12-7-13-49-27-17-21(35-37-33)19(15-25(27)45-2)29(41)39-11-6-9-23(39)31(43)47-4/h14-17,22-23H,5-13H2,1-4H3/t22-,23-/m0/s1. The number of methoxy groups -OCH3 is 4. The number of amides is 2. The molecule has 0 spiro atoms. The molecule has 2 heterocycles. The van der Waals surface area contributed by atoms with Crippen molar-refractivity contribution in [3.8, 4) is 23.0 Å². The molecular weight excluding hydrogens is 644 g/mol. The Morgan fingerprint density at radius 1 is 0.694 bits per heavy atom. The highest BCUT2D eigenvalue weighted by Gasteiger charge is 2.37. The maximum atomic E-state index is 13.4. The van der Waals surface area contributed by atoms with E-state index in [9.17, 15) is 30.2 Å². The maximum Gasteiger partial charge on any atom is 0.328 e. The number of hydrogen-bond acceptors (Lipinski definition) is 12. The van der Waals surface area contributed by atoms with E-state index in [0.29, 0.717) is 45.2 Å². The summed E-state index contributed by atoms with van der Waals surface area (Å²) in [7, 11) is 5.29. The predicted octanol–water partition coefficient (Wildman–Crippen LogP) is 4.99. The van der Waals surface area contributed by atoms with Crippen LogP contribution in [-0.2, 0) is 19.1 Å². The number of esters is 2. The Kier molecular flexibility index (Phi) is 12.3. The zero-order valence-electron chi connectivity index (χ0n) is 27.5. The van der Waals surface area contributed by atoms with Gasteiger partial charge in [-0.05, 0) is 61.0 Å². The van der Waals surface area contributed by atoms with Gasteiger partial charge in [0.1, 0.15) is 12.1 Å². The van der Waals surface area contributed by atoms with E-state index in [0.717, 1.165) is 0 Å². The molecule has 2 aromatic rings. The summed E-state index contributed by atoms with van der Waals surface area (Å²) >= 11 is 0. The van der Waals surface area contributed by atoms with E-state index < -0.39 is 35.8 Å². The second-order valence-corrected chi connectivity index (χ2v) is 10.8. The summed E-state index contributed by atoms with van der Waals surface area (Å²) in [4.78, 5) is 59.7. The fraction of sp³-hybridized carbons (Fsp3) is 0.484. The molecule has 2 saturated heterocycles. The van der Waals surface area contributed by atoms with Crippen LogP contribution in [0.2, 0.25) is 0 Å². The average Bonchev–Trinajstić information content (AvgIpc) is 3.82.